The van der Waals surface area contributed by atoms with Crippen molar-refractivity contribution < 1.29 is 9.53 Å². The first-order valence-corrected chi connectivity index (χ1v) is 7.96. The van der Waals surface area contributed by atoms with Crippen LogP contribution < -0.4 is 10.6 Å². The van der Waals surface area contributed by atoms with Gasteiger partial charge in [0.05, 0.1) is 12.5 Å². The molecule has 2 aliphatic rings. The fourth-order valence-corrected chi connectivity index (χ4v) is 3.51. The Hall–Kier alpha value is -1.39. The summed E-state index contributed by atoms with van der Waals surface area (Å²) < 4.78 is 5.48. The van der Waals surface area contributed by atoms with Crippen LogP contribution in [0.3, 0.4) is 0 Å². The Morgan fingerprint density at radius 3 is 2.81 bits per heavy atom. The molecule has 4 heteroatoms. The zero-order valence-corrected chi connectivity index (χ0v) is 12.6. The minimum atomic E-state index is 0.155. The third-order valence-electron chi connectivity index (χ3n) is 4.67. The molecule has 114 valence electrons. The molecule has 3 atom stereocenters. The third-order valence-corrected chi connectivity index (χ3v) is 4.67. The van der Waals surface area contributed by atoms with Gasteiger partial charge in [-0.05, 0) is 37.3 Å². The van der Waals surface area contributed by atoms with Gasteiger partial charge in [-0.3, -0.25) is 4.79 Å². The second kappa shape index (κ2) is 6.58. The molecule has 2 N–H and O–H groups in total. The first-order chi connectivity index (χ1) is 10.3. The van der Waals surface area contributed by atoms with Crippen LogP contribution in [0.4, 0.5) is 0 Å². The van der Waals surface area contributed by atoms with Crippen LogP contribution in [0.2, 0.25) is 0 Å². The molecular weight excluding hydrogens is 264 g/mol. The van der Waals surface area contributed by atoms with Crippen molar-refractivity contribution in [2.24, 2.45) is 5.92 Å². The van der Waals surface area contributed by atoms with E-state index in [1.54, 1.807) is 0 Å². The van der Waals surface area contributed by atoms with Crippen molar-refractivity contribution in [1.82, 2.24) is 10.6 Å². The molecule has 0 saturated carbocycles. The monoisotopic (exact) mass is 288 g/mol. The number of carbonyl (C=O) groups is 1. The molecule has 3 unspecified atom stereocenters. The highest BCUT2D eigenvalue weighted by Crippen LogP contribution is 2.33. The molecule has 1 aromatic rings. The van der Waals surface area contributed by atoms with E-state index in [1.165, 1.54) is 6.42 Å². The van der Waals surface area contributed by atoms with Gasteiger partial charge >= 0.3 is 0 Å². The minimum absolute atomic E-state index is 0.155. The zero-order chi connectivity index (χ0) is 14.7. The van der Waals surface area contributed by atoms with Crippen molar-refractivity contribution in [2.45, 2.75) is 51.4 Å². The highest BCUT2D eigenvalue weighted by Gasteiger charge is 2.42. The van der Waals surface area contributed by atoms with Crippen LogP contribution in [0, 0.1) is 5.92 Å². The molecule has 0 spiro atoms. The molecule has 2 fully saturated rings. The molecule has 1 amide bonds. The van der Waals surface area contributed by atoms with E-state index in [0.29, 0.717) is 31.8 Å². The Morgan fingerprint density at radius 1 is 1.33 bits per heavy atom. The van der Waals surface area contributed by atoms with Crippen molar-refractivity contribution in [3.05, 3.63) is 35.4 Å². The van der Waals surface area contributed by atoms with E-state index in [9.17, 15) is 4.79 Å². The fraction of sp³-hybridized carbons (Fsp3) is 0.588. The predicted molar refractivity (Wildman–Crippen MR) is 81.7 cm³/mol. The van der Waals surface area contributed by atoms with Crippen molar-refractivity contribution >= 4 is 5.91 Å². The molecule has 2 bridgehead atoms. The Bertz CT molecular complexity index is 503. The van der Waals surface area contributed by atoms with Crippen LogP contribution in [-0.2, 0) is 22.7 Å². The van der Waals surface area contributed by atoms with Crippen LogP contribution in [0.1, 0.15) is 37.3 Å². The van der Waals surface area contributed by atoms with Crippen LogP contribution in [0.25, 0.3) is 0 Å². The predicted octanol–water partition coefficient (Wildman–Crippen LogP) is 1.98. The highest BCUT2D eigenvalue weighted by atomic mass is 16.5. The van der Waals surface area contributed by atoms with Crippen LogP contribution in [-0.4, -0.2) is 24.6 Å². The van der Waals surface area contributed by atoms with Gasteiger partial charge in [0.2, 0.25) is 5.91 Å². The minimum Gasteiger partial charge on any atom is -0.377 e. The SMILES string of the molecule is CCOCc1ccccc1CNC(=O)C1CC2CCC1N2. The lowest BCUT2D eigenvalue weighted by molar-refractivity contribution is -0.125. The molecule has 2 aliphatic heterocycles. The number of rotatable bonds is 6. The quantitative estimate of drug-likeness (QED) is 0.841. The normalized spacial score (nSPS) is 27.0. The van der Waals surface area contributed by atoms with E-state index < -0.39 is 0 Å². The summed E-state index contributed by atoms with van der Waals surface area (Å²) in [5, 5.41) is 6.62. The van der Waals surface area contributed by atoms with Gasteiger partial charge in [0.15, 0.2) is 0 Å². The number of carbonyl (C=O) groups excluding carboxylic acids is 1. The van der Waals surface area contributed by atoms with E-state index in [0.717, 1.165) is 24.0 Å². The first-order valence-electron chi connectivity index (χ1n) is 7.96. The van der Waals surface area contributed by atoms with Crippen molar-refractivity contribution in [1.29, 1.82) is 0 Å². The lowest BCUT2D eigenvalue weighted by Gasteiger charge is -2.20. The van der Waals surface area contributed by atoms with Crippen molar-refractivity contribution in [3.8, 4) is 0 Å². The van der Waals surface area contributed by atoms with Gasteiger partial charge in [0.1, 0.15) is 0 Å². The fourth-order valence-electron chi connectivity index (χ4n) is 3.51. The number of hydrogen-bond donors (Lipinski definition) is 2. The van der Waals surface area contributed by atoms with E-state index in [2.05, 4.69) is 22.8 Å². The molecule has 0 aliphatic carbocycles. The lowest BCUT2D eigenvalue weighted by Crippen LogP contribution is -2.37. The summed E-state index contributed by atoms with van der Waals surface area (Å²) in [5.74, 6) is 0.351. The maximum atomic E-state index is 12.4. The average Bonchev–Trinajstić information content (AvgIpc) is 3.14. The molecule has 21 heavy (non-hydrogen) atoms. The second-order valence-corrected chi connectivity index (χ2v) is 6.01. The molecule has 4 nitrogen and oxygen atoms in total. The first kappa shape index (κ1) is 14.5. The molecule has 1 aromatic carbocycles. The summed E-state index contributed by atoms with van der Waals surface area (Å²) in [6.45, 7) is 3.90. The summed E-state index contributed by atoms with van der Waals surface area (Å²) in [6, 6.07) is 9.11. The highest BCUT2D eigenvalue weighted by molar-refractivity contribution is 5.80. The standard InChI is InChI=1S/C17H24N2O2/c1-2-21-11-13-6-4-3-5-12(13)10-18-17(20)15-9-14-7-8-16(15)19-14/h3-6,14-16,19H,2,7-11H2,1H3,(H,18,20). The Labute approximate surface area is 126 Å². The van der Waals surface area contributed by atoms with E-state index >= 15 is 0 Å². The summed E-state index contributed by atoms with van der Waals surface area (Å²) >= 11 is 0. The molecule has 2 heterocycles. The van der Waals surface area contributed by atoms with Crippen molar-refractivity contribution in [3.63, 3.8) is 0 Å². The van der Waals surface area contributed by atoms with E-state index in [1.807, 2.05) is 19.1 Å². The van der Waals surface area contributed by atoms with Gasteiger partial charge in [0, 0.05) is 25.2 Å². The number of ether oxygens (including phenoxy) is 1. The largest absolute Gasteiger partial charge is 0.377 e. The number of benzene rings is 1. The number of amides is 1. The van der Waals surface area contributed by atoms with E-state index in [4.69, 9.17) is 4.74 Å². The molecule has 3 rings (SSSR count). The van der Waals surface area contributed by atoms with Crippen LogP contribution in [0.15, 0.2) is 24.3 Å². The molecule has 0 radical (unpaired) electrons. The maximum Gasteiger partial charge on any atom is 0.225 e. The lowest BCUT2D eigenvalue weighted by atomic mass is 9.88. The number of nitrogens with one attached hydrogen (secondary N) is 2. The average molecular weight is 288 g/mol. The van der Waals surface area contributed by atoms with Gasteiger partial charge in [-0.15, -0.1) is 0 Å². The maximum absolute atomic E-state index is 12.4. The molecule has 2 saturated heterocycles. The number of hydrogen-bond acceptors (Lipinski definition) is 3. The second-order valence-electron chi connectivity index (χ2n) is 6.01. The number of fused-ring (bicyclic) bond motifs is 2. The van der Waals surface area contributed by atoms with E-state index in [-0.39, 0.29) is 11.8 Å². The summed E-state index contributed by atoms with van der Waals surface area (Å²) in [5.41, 5.74) is 2.31. The van der Waals surface area contributed by atoms with Crippen LogP contribution in [0.5, 0.6) is 0 Å². The Morgan fingerprint density at radius 2 is 2.14 bits per heavy atom. The van der Waals surface area contributed by atoms with Gasteiger partial charge in [-0.1, -0.05) is 24.3 Å². The molecule has 0 aromatic heterocycles. The van der Waals surface area contributed by atoms with Crippen LogP contribution >= 0.6 is 0 Å². The zero-order valence-electron chi connectivity index (χ0n) is 12.6. The smallest absolute Gasteiger partial charge is 0.225 e. The Kier molecular flexibility index (Phi) is 4.56. The molecular formula is C17H24N2O2. The van der Waals surface area contributed by atoms with Gasteiger partial charge in [0.25, 0.3) is 0 Å². The third kappa shape index (κ3) is 3.27. The van der Waals surface area contributed by atoms with Gasteiger partial charge < -0.3 is 15.4 Å². The summed E-state index contributed by atoms with van der Waals surface area (Å²) in [7, 11) is 0. The van der Waals surface area contributed by atoms with Crippen molar-refractivity contribution in [2.75, 3.05) is 6.61 Å². The summed E-state index contributed by atoms with van der Waals surface area (Å²) in [6.07, 6.45) is 3.37. The Balaban J connectivity index is 1.56. The summed E-state index contributed by atoms with van der Waals surface area (Å²) in [4.78, 5) is 12.4. The van der Waals surface area contributed by atoms with Gasteiger partial charge in [-0.25, -0.2) is 0 Å². The topological polar surface area (TPSA) is 50.4 Å². The van der Waals surface area contributed by atoms with Gasteiger partial charge in [-0.2, -0.15) is 0 Å².